The predicted octanol–water partition coefficient (Wildman–Crippen LogP) is 4.28. The molecular weight excluding hydrogens is 280 g/mol. The Morgan fingerprint density at radius 1 is 1.05 bits per heavy atom. The van der Waals surface area contributed by atoms with Crippen LogP contribution in [0.15, 0.2) is 59.5 Å². The van der Waals surface area contributed by atoms with Gasteiger partial charge in [-0.15, -0.1) is 0 Å². The minimum Gasteiger partial charge on any atom is -0.311 e. The standard InChI is InChI=1S/C15H13F2NOS/c1-18(12-5-3-2-4-6-12)14(19)11-7-9-13(10-8-11)20-15(16)17/h2-10,15H,1H3. The van der Waals surface area contributed by atoms with Gasteiger partial charge in [-0.2, -0.15) is 8.78 Å². The second-order valence-corrected chi connectivity index (χ2v) is 5.17. The fourth-order valence-corrected chi connectivity index (χ4v) is 2.24. The Kier molecular flexibility index (Phi) is 4.74. The lowest BCUT2D eigenvalue weighted by atomic mass is 10.2. The predicted molar refractivity (Wildman–Crippen MR) is 77.5 cm³/mol. The number of benzene rings is 2. The van der Waals surface area contributed by atoms with E-state index in [1.165, 1.54) is 17.0 Å². The summed E-state index contributed by atoms with van der Waals surface area (Å²) in [5, 5.41) is 0. The van der Waals surface area contributed by atoms with Crippen LogP contribution in [0, 0.1) is 0 Å². The zero-order chi connectivity index (χ0) is 14.5. The first-order valence-electron chi connectivity index (χ1n) is 5.96. The molecule has 20 heavy (non-hydrogen) atoms. The van der Waals surface area contributed by atoms with E-state index in [0.29, 0.717) is 22.2 Å². The summed E-state index contributed by atoms with van der Waals surface area (Å²) in [7, 11) is 1.68. The summed E-state index contributed by atoms with van der Waals surface area (Å²) in [4.78, 5) is 14.2. The lowest BCUT2D eigenvalue weighted by Gasteiger charge is -2.17. The first-order chi connectivity index (χ1) is 9.58. The van der Waals surface area contributed by atoms with Gasteiger partial charge in [0, 0.05) is 23.2 Å². The summed E-state index contributed by atoms with van der Waals surface area (Å²) < 4.78 is 24.4. The Morgan fingerprint density at radius 2 is 1.65 bits per heavy atom. The molecule has 0 spiro atoms. The highest BCUT2D eigenvalue weighted by atomic mass is 32.2. The van der Waals surface area contributed by atoms with Gasteiger partial charge in [-0.1, -0.05) is 30.0 Å². The van der Waals surface area contributed by atoms with Gasteiger partial charge < -0.3 is 4.90 Å². The van der Waals surface area contributed by atoms with Crippen LogP contribution in [-0.2, 0) is 0 Å². The molecule has 0 unspecified atom stereocenters. The Labute approximate surface area is 120 Å². The van der Waals surface area contributed by atoms with Crippen LogP contribution in [0.2, 0.25) is 0 Å². The number of halogens is 2. The number of hydrogen-bond acceptors (Lipinski definition) is 2. The van der Waals surface area contributed by atoms with Crippen molar-refractivity contribution in [2.45, 2.75) is 10.7 Å². The number of anilines is 1. The molecule has 5 heteroatoms. The number of thioether (sulfide) groups is 1. The summed E-state index contributed by atoms with van der Waals surface area (Å²) in [6.45, 7) is 0. The summed E-state index contributed by atoms with van der Waals surface area (Å²) in [6, 6.07) is 15.4. The molecule has 1 amide bonds. The molecule has 2 rings (SSSR count). The summed E-state index contributed by atoms with van der Waals surface area (Å²) in [6.07, 6.45) is 0. The number of carbonyl (C=O) groups excluding carboxylic acids is 1. The fourth-order valence-electron chi connectivity index (χ4n) is 1.74. The molecule has 0 aliphatic rings. The molecule has 0 aliphatic carbocycles. The van der Waals surface area contributed by atoms with Crippen molar-refractivity contribution in [1.29, 1.82) is 0 Å². The van der Waals surface area contributed by atoms with Crippen molar-refractivity contribution in [3.63, 3.8) is 0 Å². The van der Waals surface area contributed by atoms with E-state index in [1.54, 1.807) is 19.2 Å². The van der Waals surface area contributed by atoms with E-state index in [-0.39, 0.29) is 5.91 Å². The molecule has 104 valence electrons. The molecule has 0 aliphatic heterocycles. The van der Waals surface area contributed by atoms with Crippen LogP contribution >= 0.6 is 11.8 Å². The maximum Gasteiger partial charge on any atom is 0.288 e. The normalized spacial score (nSPS) is 10.6. The zero-order valence-corrected chi connectivity index (χ0v) is 11.6. The summed E-state index contributed by atoms with van der Waals surface area (Å²) in [5.74, 6) is -2.63. The van der Waals surface area contributed by atoms with E-state index in [4.69, 9.17) is 0 Å². The second kappa shape index (κ2) is 6.52. The van der Waals surface area contributed by atoms with Crippen LogP contribution in [0.3, 0.4) is 0 Å². The molecular formula is C15H13F2NOS. The minimum absolute atomic E-state index is 0.176. The van der Waals surface area contributed by atoms with Crippen molar-refractivity contribution >= 4 is 23.4 Å². The van der Waals surface area contributed by atoms with Crippen molar-refractivity contribution in [1.82, 2.24) is 0 Å². The van der Waals surface area contributed by atoms with Gasteiger partial charge in [0.2, 0.25) is 0 Å². The van der Waals surface area contributed by atoms with Crippen LogP contribution in [0.1, 0.15) is 10.4 Å². The Bertz CT molecular complexity index is 572. The average molecular weight is 293 g/mol. The molecule has 2 aromatic carbocycles. The first-order valence-corrected chi connectivity index (χ1v) is 6.84. The topological polar surface area (TPSA) is 20.3 Å². The highest BCUT2D eigenvalue weighted by molar-refractivity contribution is 7.99. The van der Waals surface area contributed by atoms with Crippen molar-refractivity contribution in [3.05, 3.63) is 60.2 Å². The molecule has 0 atom stereocenters. The van der Waals surface area contributed by atoms with E-state index in [2.05, 4.69) is 0 Å². The summed E-state index contributed by atoms with van der Waals surface area (Å²) >= 11 is 0.465. The molecule has 0 saturated carbocycles. The van der Waals surface area contributed by atoms with Gasteiger partial charge in [-0.3, -0.25) is 4.79 Å². The zero-order valence-electron chi connectivity index (χ0n) is 10.8. The minimum atomic E-state index is -2.46. The molecule has 2 aromatic rings. The maximum atomic E-state index is 12.2. The lowest BCUT2D eigenvalue weighted by Crippen LogP contribution is -2.25. The Balaban J connectivity index is 2.13. The van der Waals surface area contributed by atoms with Gasteiger partial charge in [0.1, 0.15) is 0 Å². The molecule has 0 heterocycles. The van der Waals surface area contributed by atoms with Gasteiger partial charge in [0.15, 0.2) is 0 Å². The number of alkyl halides is 2. The number of hydrogen-bond donors (Lipinski definition) is 0. The van der Waals surface area contributed by atoms with Gasteiger partial charge >= 0.3 is 0 Å². The maximum absolute atomic E-state index is 12.2. The van der Waals surface area contributed by atoms with E-state index < -0.39 is 5.76 Å². The second-order valence-electron chi connectivity index (χ2n) is 4.10. The monoisotopic (exact) mass is 293 g/mol. The molecule has 0 N–H and O–H groups in total. The van der Waals surface area contributed by atoms with Gasteiger partial charge in [-0.05, 0) is 36.4 Å². The third-order valence-corrected chi connectivity index (χ3v) is 3.50. The average Bonchev–Trinajstić information content (AvgIpc) is 2.47. The highest BCUT2D eigenvalue weighted by Gasteiger charge is 2.13. The first kappa shape index (κ1) is 14.5. The largest absolute Gasteiger partial charge is 0.311 e. The summed E-state index contributed by atoms with van der Waals surface area (Å²) in [5.41, 5.74) is 1.25. The molecule has 0 saturated heterocycles. The van der Waals surface area contributed by atoms with Gasteiger partial charge in [-0.25, -0.2) is 0 Å². The van der Waals surface area contributed by atoms with Crippen molar-refractivity contribution in [2.75, 3.05) is 11.9 Å². The highest BCUT2D eigenvalue weighted by Crippen LogP contribution is 2.25. The van der Waals surface area contributed by atoms with Crippen molar-refractivity contribution < 1.29 is 13.6 Å². The van der Waals surface area contributed by atoms with Crippen LogP contribution in [-0.4, -0.2) is 18.7 Å². The quantitative estimate of drug-likeness (QED) is 0.784. The van der Waals surface area contributed by atoms with E-state index in [0.717, 1.165) is 5.69 Å². The van der Waals surface area contributed by atoms with E-state index in [1.807, 2.05) is 30.3 Å². The SMILES string of the molecule is CN(C(=O)c1ccc(SC(F)F)cc1)c1ccccc1. The third-order valence-electron chi connectivity index (χ3n) is 2.77. The van der Waals surface area contributed by atoms with Crippen LogP contribution < -0.4 is 4.90 Å². The molecule has 0 radical (unpaired) electrons. The van der Waals surface area contributed by atoms with Crippen molar-refractivity contribution in [2.24, 2.45) is 0 Å². The van der Waals surface area contributed by atoms with E-state index >= 15 is 0 Å². The van der Waals surface area contributed by atoms with Gasteiger partial charge in [0.25, 0.3) is 11.7 Å². The Hall–Kier alpha value is -1.88. The van der Waals surface area contributed by atoms with E-state index in [9.17, 15) is 13.6 Å². The third kappa shape index (κ3) is 3.57. The number of rotatable bonds is 4. The number of carbonyl (C=O) groups is 1. The number of amides is 1. The molecule has 2 nitrogen and oxygen atoms in total. The van der Waals surface area contributed by atoms with Crippen LogP contribution in [0.5, 0.6) is 0 Å². The van der Waals surface area contributed by atoms with Crippen molar-refractivity contribution in [3.8, 4) is 0 Å². The molecule has 0 fully saturated rings. The number of para-hydroxylation sites is 1. The molecule has 0 bridgehead atoms. The smallest absolute Gasteiger partial charge is 0.288 e. The Morgan fingerprint density at radius 3 is 2.20 bits per heavy atom. The van der Waals surface area contributed by atoms with Crippen LogP contribution in [0.4, 0.5) is 14.5 Å². The lowest BCUT2D eigenvalue weighted by molar-refractivity contribution is 0.0993. The fraction of sp³-hybridized carbons (Fsp3) is 0.133. The molecule has 0 aromatic heterocycles. The van der Waals surface area contributed by atoms with Crippen LogP contribution in [0.25, 0.3) is 0 Å². The number of nitrogens with zero attached hydrogens (tertiary/aromatic N) is 1. The van der Waals surface area contributed by atoms with Gasteiger partial charge in [0.05, 0.1) is 0 Å².